The third kappa shape index (κ3) is 6.77. The quantitative estimate of drug-likeness (QED) is 0.794. The standard InChI is InChI=1S/C17H27N3O2.ClH/c1-3-10-22-16-6-4-15(5-7-16)12-19-17(21)13-20-9-8-18-11-14(20)2;/h4-7,14,18H,3,8-13H2,1-2H3,(H,19,21);1H/t14-;/m0./s1. The van der Waals surface area contributed by atoms with Crippen molar-refractivity contribution in [2.45, 2.75) is 32.9 Å². The Morgan fingerprint density at radius 1 is 1.39 bits per heavy atom. The highest BCUT2D eigenvalue weighted by molar-refractivity contribution is 5.85. The molecule has 0 unspecified atom stereocenters. The van der Waals surface area contributed by atoms with Crippen LogP contribution >= 0.6 is 12.4 Å². The van der Waals surface area contributed by atoms with Gasteiger partial charge in [0.05, 0.1) is 13.2 Å². The summed E-state index contributed by atoms with van der Waals surface area (Å²) in [6.45, 7) is 8.84. The van der Waals surface area contributed by atoms with Gasteiger partial charge in [-0.05, 0) is 31.0 Å². The lowest BCUT2D eigenvalue weighted by molar-refractivity contribution is -0.123. The average molecular weight is 342 g/mol. The third-order valence-corrected chi connectivity index (χ3v) is 3.87. The molecule has 0 radical (unpaired) electrons. The van der Waals surface area contributed by atoms with Gasteiger partial charge in [-0.2, -0.15) is 0 Å². The molecule has 0 saturated carbocycles. The zero-order valence-electron chi connectivity index (χ0n) is 14.0. The smallest absolute Gasteiger partial charge is 0.234 e. The Balaban J connectivity index is 0.00000264. The van der Waals surface area contributed by atoms with Crippen LogP contribution in [0.25, 0.3) is 0 Å². The first-order chi connectivity index (χ1) is 10.7. The molecule has 1 fully saturated rings. The van der Waals surface area contributed by atoms with Crippen LogP contribution in [0.1, 0.15) is 25.8 Å². The number of nitrogens with zero attached hydrogens (tertiary/aromatic N) is 1. The average Bonchev–Trinajstić information content (AvgIpc) is 2.54. The van der Waals surface area contributed by atoms with Gasteiger partial charge >= 0.3 is 0 Å². The van der Waals surface area contributed by atoms with E-state index in [1.54, 1.807) is 0 Å². The van der Waals surface area contributed by atoms with Crippen LogP contribution < -0.4 is 15.4 Å². The van der Waals surface area contributed by atoms with E-state index < -0.39 is 0 Å². The maximum absolute atomic E-state index is 12.0. The molecule has 1 saturated heterocycles. The molecule has 130 valence electrons. The molecule has 6 heteroatoms. The molecule has 0 aromatic heterocycles. The summed E-state index contributed by atoms with van der Waals surface area (Å²) in [5.41, 5.74) is 1.09. The number of halogens is 1. The van der Waals surface area contributed by atoms with E-state index in [2.05, 4.69) is 29.4 Å². The molecule has 23 heavy (non-hydrogen) atoms. The molecule has 2 N–H and O–H groups in total. The number of hydrogen-bond donors (Lipinski definition) is 2. The minimum atomic E-state index is 0. The van der Waals surface area contributed by atoms with E-state index in [1.165, 1.54) is 0 Å². The molecule has 1 aliphatic heterocycles. The number of ether oxygens (including phenoxy) is 1. The number of carbonyl (C=O) groups excluding carboxylic acids is 1. The van der Waals surface area contributed by atoms with Gasteiger partial charge in [0.15, 0.2) is 0 Å². The molecule has 5 nitrogen and oxygen atoms in total. The molecule has 1 heterocycles. The Hall–Kier alpha value is -1.30. The molecule has 0 spiro atoms. The van der Waals surface area contributed by atoms with Gasteiger partial charge in [-0.1, -0.05) is 19.1 Å². The second-order valence-corrected chi connectivity index (χ2v) is 5.79. The molecule has 1 aromatic rings. The summed E-state index contributed by atoms with van der Waals surface area (Å²) in [7, 11) is 0. The Morgan fingerprint density at radius 3 is 2.78 bits per heavy atom. The molecular formula is C17H28ClN3O2. The second kappa shape index (κ2) is 10.5. The van der Waals surface area contributed by atoms with E-state index in [9.17, 15) is 4.79 Å². The molecule has 1 aliphatic rings. The minimum absolute atomic E-state index is 0. The van der Waals surface area contributed by atoms with Crippen LogP contribution in [0.3, 0.4) is 0 Å². The van der Waals surface area contributed by atoms with E-state index in [1.807, 2.05) is 24.3 Å². The Bertz CT molecular complexity index is 467. The summed E-state index contributed by atoms with van der Waals surface area (Å²) in [5, 5.41) is 6.32. The Kier molecular flexibility index (Phi) is 8.99. The number of piperazine rings is 1. The van der Waals surface area contributed by atoms with Crippen molar-refractivity contribution < 1.29 is 9.53 Å². The third-order valence-electron chi connectivity index (χ3n) is 3.87. The van der Waals surface area contributed by atoms with E-state index in [0.717, 1.165) is 44.0 Å². The van der Waals surface area contributed by atoms with Crippen molar-refractivity contribution in [1.82, 2.24) is 15.5 Å². The summed E-state index contributed by atoms with van der Waals surface area (Å²) in [5.74, 6) is 0.964. The fourth-order valence-corrected chi connectivity index (χ4v) is 2.48. The monoisotopic (exact) mass is 341 g/mol. The molecule has 0 aliphatic carbocycles. The molecule has 2 rings (SSSR count). The maximum atomic E-state index is 12.0. The number of hydrogen-bond acceptors (Lipinski definition) is 4. The topological polar surface area (TPSA) is 53.6 Å². The van der Waals surface area contributed by atoms with Crippen molar-refractivity contribution in [2.24, 2.45) is 0 Å². The molecular weight excluding hydrogens is 314 g/mol. The Morgan fingerprint density at radius 2 is 2.13 bits per heavy atom. The fraction of sp³-hybridized carbons (Fsp3) is 0.588. The van der Waals surface area contributed by atoms with Crippen molar-refractivity contribution in [3.05, 3.63) is 29.8 Å². The maximum Gasteiger partial charge on any atom is 0.234 e. The zero-order chi connectivity index (χ0) is 15.8. The van der Waals surface area contributed by atoms with Gasteiger partial charge in [-0.25, -0.2) is 0 Å². The van der Waals surface area contributed by atoms with Gasteiger partial charge in [-0.15, -0.1) is 12.4 Å². The highest BCUT2D eigenvalue weighted by Crippen LogP contribution is 2.12. The van der Waals surface area contributed by atoms with Crippen molar-refractivity contribution >= 4 is 18.3 Å². The van der Waals surface area contributed by atoms with Crippen LogP contribution in [0.4, 0.5) is 0 Å². The van der Waals surface area contributed by atoms with Crippen LogP contribution in [-0.4, -0.2) is 49.6 Å². The molecule has 1 aromatic carbocycles. The minimum Gasteiger partial charge on any atom is -0.494 e. The van der Waals surface area contributed by atoms with Gasteiger partial charge in [0, 0.05) is 32.2 Å². The lowest BCUT2D eigenvalue weighted by atomic mass is 10.2. The number of nitrogens with one attached hydrogen (secondary N) is 2. The SMILES string of the molecule is CCCOc1ccc(CNC(=O)CN2CCNC[C@@H]2C)cc1.Cl. The van der Waals surface area contributed by atoms with E-state index >= 15 is 0 Å². The highest BCUT2D eigenvalue weighted by atomic mass is 35.5. The summed E-state index contributed by atoms with van der Waals surface area (Å²) >= 11 is 0. The predicted molar refractivity (Wildman–Crippen MR) is 95.2 cm³/mol. The van der Waals surface area contributed by atoms with E-state index in [4.69, 9.17) is 4.74 Å². The first-order valence-electron chi connectivity index (χ1n) is 8.12. The van der Waals surface area contributed by atoms with Crippen molar-refractivity contribution in [1.29, 1.82) is 0 Å². The first kappa shape index (κ1) is 19.7. The van der Waals surface area contributed by atoms with Crippen molar-refractivity contribution in [3.63, 3.8) is 0 Å². The van der Waals surface area contributed by atoms with Crippen LogP contribution in [0.15, 0.2) is 24.3 Å². The summed E-state index contributed by atoms with van der Waals surface area (Å²) in [6, 6.07) is 8.32. The van der Waals surface area contributed by atoms with Gasteiger partial charge in [0.2, 0.25) is 5.91 Å². The number of amides is 1. The molecule has 1 atom stereocenters. The lowest BCUT2D eigenvalue weighted by Gasteiger charge is -2.33. The van der Waals surface area contributed by atoms with Gasteiger partial charge in [0.25, 0.3) is 0 Å². The Labute approximate surface area is 145 Å². The highest BCUT2D eigenvalue weighted by Gasteiger charge is 2.19. The normalized spacial score (nSPS) is 18.1. The zero-order valence-corrected chi connectivity index (χ0v) is 14.8. The summed E-state index contributed by atoms with van der Waals surface area (Å²) in [6.07, 6.45) is 1.00. The van der Waals surface area contributed by atoms with Crippen LogP contribution in [0.2, 0.25) is 0 Å². The number of rotatable bonds is 7. The summed E-state index contributed by atoms with van der Waals surface area (Å²) in [4.78, 5) is 14.3. The molecule has 0 bridgehead atoms. The molecule has 1 amide bonds. The summed E-state index contributed by atoms with van der Waals surface area (Å²) < 4.78 is 5.55. The van der Waals surface area contributed by atoms with Crippen LogP contribution in [0, 0.1) is 0 Å². The fourth-order valence-electron chi connectivity index (χ4n) is 2.48. The van der Waals surface area contributed by atoms with Crippen molar-refractivity contribution in [2.75, 3.05) is 32.8 Å². The largest absolute Gasteiger partial charge is 0.494 e. The predicted octanol–water partition coefficient (Wildman–Crippen LogP) is 1.81. The van der Waals surface area contributed by atoms with Crippen LogP contribution in [0.5, 0.6) is 5.75 Å². The number of carbonyl (C=O) groups is 1. The first-order valence-corrected chi connectivity index (χ1v) is 8.12. The lowest BCUT2D eigenvalue weighted by Crippen LogP contribution is -2.52. The van der Waals surface area contributed by atoms with Gasteiger partial charge < -0.3 is 15.4 Å². The van der Waals surface area contributed by atoms with Crippen molar-refractivity contribution in [3.8, 4) is 5.75 Å². The van der Waals surface area contributed by atoms with E-state index in [0.29, 0.717) is 19.1 Å². The second-order valence-electron chi connectivity index (χ2n) is 5.79. The van der Waals surface area contributed by atoms with Gasteiger partial charge in [-0.3, -0.25) is 9.69 Å². The van der Waals surface area contributed by atoms with E-state index in [-0.39, 0.29) is 18.3 Å². The van der Waals surface area contributed by atoms with Crippen LogP contribution in [-0.2, 0) is 11.3 Å². The van der Waals surface area contributed by atoms with Gasteiger partial charge in [0.1, 0.15) is 5.75 Å². The number of benzene rings is 1.